The molecule has 0 aliphatic heterocycles. The van der Waals surface area contributed by atoms with E-state index in [1.807, 2.05) is 44.2 Å². The van der Waals surface area contributed by atoms with Gasteiger partial charge in [0.15, 0.2) is 0 Å². The highest BCUT2D eigenvalue weighted by Crippen LogP contribution is 2.31. The molecule has 3 aromatic carbocycles. The lowest BCUT2D eigenvalue weighted by molar-refractivity contribution is 0.0964. The van der Waals surface area contributed by atoms with Gasteiger partial charge in [0, 0.05) is 12.6 Å². The van der Waals surface area contributed by atoms with Gasteiger partial charge in [-0.25, -0.2) is 4.39 Å². The fourth-order valence-corrected chi connectivity index (χ4v) is 2.81. The van der Waals surface area contributed by atoms with Gasteiger partial charge in [0.2, 0.25) is 0 Å². The molecule has 0 heterocycles. The number of fused-ring (bicyclic) bond motifs is 1. The summed E-state index contributed by atoms with van der Waals surface area (Å²) in [5, 5.41) is 4.58. The van der Waals surface area contributed by atoms with Gasteiger partial charge >= 0.3 is 0 Å². The van der Waals surface area contributed by atoms with E-state index in [1.54, 1.807) is 19.2 Å². The number of rotatable bonds is 4. The van der Waals surface area contributed by atoms with Crippen LogP contribution in [-0.4, -0.2) is 19.1 Å². The smallest absolute Gasteiger partial charge is 0.251 e. The second-order valence-corrected chi connectivity index (χ2v) is 6.16. The van der Waals surface area contributed by atoms with E-state index in [1.165, 1.54) is 12.1 Å². The Bertz CT molecular complexity index is 917. The Hall–Kier alpha value is -2.88. The topological polar surface area (TPSA) is 38.3 Å². The number of halogens is 1. The summed E-state index contributed by atoms with van der Waals surface area (Å²) in [7, 11) is 1.60. The van der Waals surface area contributed by atoms with Crippen molar-refractivity contribution in [1.82, 2.24) is 5.32 Å². The van der Waals surface area contributed by atoms with E-state index in [2.05, 4.69) is 5.32 Å². The zero-order valence-electron chi connectivity index (χ0n) is 14.5. The molecule has 0 radical (unpaired) electrons. The van der Waals surface area contributed by atoms with Gasteiger partial charge in [-0.05, 0) is 72.1 Å². The molecule has 3 nitrogen and oxygen atoms in total. The number of benzene rings is 3. The van der Waals surface area contributed by atoms with Crippen LogP contribution in [0.5, 0.6) is 5.75 Å². The molecule has 0 unspecified atom stereocenters. The molecule has 1 N–H and O–H groups in total. The number of hydrogen-bond acceptors (Lipinski definition) is 2. The minimum absolute atomic E-state index is 0.0781. The molecule has 0 aliphatic carbocycles. The summed E-state index contributed by atoms with van der Waals surface area (Å²) in [5.74, 6) is 0.276. The highest BCUT2D eigenvalue weighted by Gasteiger charge is 2.14. The number of hydrogen-bond donors (Lipinski definition) is 1. The average molecular weight is 337 g/mol. The van der Waals surface area contributed by atoms with E-state index in [0.717, 1.165) is 27.6 Å². The summed E-state index contributed by atoms with van der Waals surface area (Å²) < 4.78 is 19.0. The van der Waals surface area contributed by atoms with Gasteiger partial charge in [-0.2, -0.15) is 0 Å². The molecule has 128 valence electrons. The van der Waals surface area contributed by atoms with E-state index >= 15 is 0 Å². The Labute approximate surface area is 146 Å². The minimum atomic E-state index is -0.304. The van der Waals surface area contributed by atoms with Gasteiger partial charge in [-0.15, -0.1) is 0 Å². The third kappa shape index (κ3) is 3.63. The quantitative estimate of drug-likeness (QED) is 0.743. The largest absolute Gasteiger partial charge is 0.491 e. The third-order valence-corrected chi connectivity index (χ3v) is 3.95. The van der Waals surface area contributed by atoms with Crippen molar-refractivity contribution in [3.05, 3.63) is 66.0 Å². The fraction of sp³-hybridized carbons (Fsp3) is 0.190. The lowest BCUT2D eigenvalue weighted by atomic mass is 9.95. The number of nitrogens with one attached hydrogen (secondary N) is 1. The summed E-state index contributed by atoms with van der Waals surface area (Å²) in [6.45, 7) is 3.94. The lowest BCUT2D eigenvalue weighted by Crippen LogP contribution is -2.18. The first kappa shape index (κ1) is 17.0. The van der Waals surface area contributed by atoms with Gasteiger partial charge in [0.25, 0.3) is 5.91 Å². The molecule has 0 bridgehead atoms. The second-order valence-electron chi connectivity index (χ2n) is 6.16. The molecule has 1 amide bonds. The number of carbonyl (C=O) groups is 1. The van der Waals surface area contributed by atoms with Crippen LogP contribution < -0.4 is 10.1 Å². The van der Waals surface area contributed by atoms with Gasteiger partial charge < -0.3 is 10.1 Å². The standard InChI is InChI=1S/C21H20FNO2/c1-13(2)25-18-9-6-15-11-19(14-4-7-17(22)8-5-14)20(21(24)23-3)12-16(15)10-18/h4-13H,1-3H3,(H,23,24). The monoisotopic (exact) mass is 337 g/mol. The summed E-state index contributed by atoms with van der Waals surface area (Å²) in [4.78, 5) is 12.4. The number of ether oxygens (including phenoxy) is 1. The van der Waals surface area contributed by atoms with Crippen molar-refractivity contribution in [2.24, 2.45) is 0 Å². The molecule has 0 saturated carbocycles. The molecule has 0 spiro atoms. The first-order chi connectivity index (χ1) is 12.0. The Balaban J connectivity index is 2.18. The molecule has 3 rings (SSSR count). The van der Waals surface area contributed by atoms with Crippen LogP contribution in [0.25, 0.3) is 21.9 Å². The van der Waals surface area contributed by atoms with E-state index in [-0.39, 0.29) is 17.8 Å². The Morgan fingerprint density at radius 1 is 1.00 bits per heavy atom. The van der Waals surface area contributed by atoms with Gasteiger partial charge in [0.05, 0.1) is 6.10 Å². The van der Waals surface area contributed by atoms with Gasteiger partial charge in [0.1, 0.15) is 11.6 Å². The maximum atomic E-state index is 13.2. The van der Waals surface area contributed by atoms with Crippen LogP contribution in [0.2, 0.25) is 0 Å². The summed E-state index contributed by atoms with van der Waals surface area (Å²) in [6.07, 6.45) is 0.0781. The van der Waals surface area contributed by atoms with Crippen LogP contribution in [0.15, 0.2) is 54.6 Å². The Kier molecular flexibility index (Phi) is 4.70. The Morgan fingerprint density at radius 3 is 2.36 bits per heavy atom. The number of carbonyl (C=O) groups excluding carboxylic acids is 1. The summed E-state index contributed by atoms with van der Waals surface area (Å²) in [5.41, 5.74) is 2.11. The predicted octanol–water partition coefficient (Wildman–Crippen LogP) is 4.79. The molecule has 0 fully saturated rings. The summed E-state index contributed by atoms with van der Waals surface area (Å²) in [6, 6.07) is 15.8. The molecule has 4 heteroatoms. The van der Waals surface area contributed by atoms with E-state index < -0.39 is 0 Å². The lowest BCUT2D eigenvalue weighted by Gasteiger charge is -2.14. The maximum Gasteiger partial charge on any atom is 0.251 e. The van der Waals surface area contributed by atoms with Crippen molar-refractivity contribution in [3.8, 4) is 16.9 Å². The number of amides is 1. The van der Waals surface area contributed by atoms with Crippen LogP contribution in [-0.2, 0) is 0 Å². The zero-order valence-corrected chi connectivity index (χ0v) is 14.5. The molecule has 0 saturated heterocycles. The van der Waals surface area contributed by atoms with Crippen molar-refractivity contribution >= 4 is 16.7 Å². The molecule has 0 atom stereocenters. The minimum Gasteiger partial charge on any atom is -0.491 e. The van der Waals surface area contributed by atoms with E-state index in [4.69, 9.17) is 4.74 Å². The van der Waals surface area contributed by atoms with Crippen LogP contribution in [0.1, 0.15) is 24.2 Å². The molecule has 3 aromatic rings. The zero-order chi connectivity index (χ0) is 18.0. The van der Waals surface area contributed by atoms with E-state index in [9.17, 15) is 9.18 Å². The van der Waals surface area contributed by atoms with Crippen molar-refractivity contribution in [3.63, 3.8) is 0 Å². The molecule has 25 heavy (non-hydrogen) atoms. The van der Waals surface area contributed by atoms with Crippen LogP contribution in [0.4, 0.5) is 4.39 Å². The third-order valence-electron chi connectivity index (χ3n) is 3.95. The molecular weight excluding hydrogens is 317 g/mol. The highest BCUT2D eigenvalue weighted by molar-refractivity contribution is 6.05. The van der Waals surface area contributed by atoms with E-state index in [0.29, 0.717) is 5.56 Å². The normalized spacial score (nSPS) is 10.9. The Morgan fingerprint density at radius 2 is 1.72 bits per heavy atom. The fourth-order valence-electron chi connectivity index (χ4n) is 2.81. The first-order valence-electron chi connectivity index (χ1n) is 8.20. The predicted molar refractivity (Wildman–Crippen MR) is 98.5 cm³/mol. The van der Waals surface area contributed by atoms with Crippen LogP contribution in [0, 0.1) is 5.82 Å². The first-order valence-corrected chi connectivity index (χ1v) is 8.20. The molecule has 0 aromatic heterocycles. The SMILES string of the molecule is CNC(=O)c1cc2cc(OC(C)C)ccc2cc1-c1ccc(F)cc1. The highest BCUT2D eigenvalue weighted by atomic mass is 19.1. The van der Waals surface area contributed by atoms with Gasteiger partial charge in [-0.1, -0.05) is 18.2 Å². The maximum absolute atomic E-state index is 13.2. The van der Waals surface area contributed by atoms with Crippen molar-refractivity contribution in [1.29, 1.82) is 0 Å². The second kappa shape index (κ2) is 6.93. The molecule has 0 aliphatic rings. The van der Waals surface area contributed by atoms with Crippen LogP contribution in [0.3, 0.4) is 0 Å². The van der Waals surface area contributed by atoms with Crippen molar-refractivity contribution < 1.29 is 13.9 Å². The summed E-state index contributed by atoms with van der Waals surface area (Å²) >= 11 is 0. The van der Waals surface area contributed by atoms with Crippen molar-refractivity contribution in [2.75, 3.05) is 7.05 Å². The van der Waals surface area contributed by atoms with Gasteiger partial charge in [-0.3, -0.25) is 4.79 Å². The van der Waals surface area contributed by atoms with Crippen LogP contribution >= 0.6 is 0 Å². The molecular formula is C21H20FNO2. The average Bonchev–Trinajstić information content (AvgIpc) is 2.60. The van der Waals surface area contributed by atoms with Crippen molar-refractivity contribution in [2.45, 2.75) is 20.0 Å².